The van der Waals surface area contributed by atoms with Crippen LogP contribution in [-0.4, -0.2) is 57.1 Å². The van der Waals surface area contributed by atoms with Crippen molar-refractivity contribution < 1.29 is 31.5 Å². The van der Waals surface area contributed by atoms with Crippen LogP contribution in [0.4, 0.5) is 27.8 Å². The number of carbonyl (C=O) groups excluding carboxylic acids is 2. The number of carbonyl (C=O) groups is 2. The number of hydrogen-bond donors (Lipinski definition) is 0. The normalized spacial score (nSPS) is 21.4. The molecule has 2 atom stereocenters. The van der Waals surface area contributed by atoms with Crippen LogP contribution in [0.1, 0.15) is 32.3 Å². The Labute approximate surface area is 257 Å². The van der Waals surface area contributed by atoms with Gasteiger partial charge in [-0.15, -0.1) is 11.8 Å². The number of piperazine rings is 1. The predicted octanol–water partition coefficient (Wildman–Crippen LogP) is 6.08. The smallest absolute Gasteiger partial charge is 0.352 e. The summed E-state index contributed by atoms with van der Waals surface area (Å²) in [5, 5.41) is -0.549. The van der Waals surface area contributed by atoms with Crippen LogP contribution in [0.3, 0.4) is 0 Å². The van der Waals surface area contributed by atoms with Crippen LogP contribution >= 0.6 is 23.4 Å². The third-order valence-corrected chi connectivity index (χ3v) is 10.3. The van der Waals surface area contributed by atoms with E-state index in [1.54, 1.807) is 23.6 Å². The quantitative estimate of drug-likeness (QED) is 0.194. The highest BCUT2D eigenvalue weighted by molar-refractivity contribution is 7.99. The van der Waals surface area contributed by atoms with Crippen LogP contribution in [0.5, 0.6) is 0 Å². The molecule has 0 N–H and O–H groups in total. The van der Waals surface area contributed by atoms with E-state index in [1.807, 2.05) is 0 Å². The van der Waals surface area contributed by atoms with Crippen molar-refractivity contribution in [2.75, 3.05) is 23.7 Å². The SMILES string of the molecule is C=CC(=O)N1C(C)CN(c2nc(=O)n3c4c(c(-c5cc(Cl)c(F)cc5F)c(C(F)(F)F)cc24)SCC2(CC(=O)C2)C3)CC1C. The van der Waals surface area contributed by atoms with Crippen molar-refractivity contribution in [3.8, 4) is 11.1 Å². The van der Waals surface area contributed by atoms with Crippen LogP contribution in [-0.2, 0) is 22.3 Å². The summed E-state index contributed by atoms with van der Waals surface area (Å²) in [6.45, 7) is 7.47. The molecule has 3 heterocycles. The van der Waals surface area contributed by atoms with Gasteiger partial charge in [-0.1, -0.05) is 18.2 Å². The van der Waals surface area contributed by atoms with E-state index in [9.17, 15) is 31.9 Å². The molecule has 1 aliphatic carbocycles. The molecule has 0 radical (unpaired) electrons. The molecule has 6 rings (SSSR count). The summed E-state index contributed by atoms with van der Waals surface area (Å²) in [4.78, 5) is 45.9. The zero-order valence-corrected chi connectivity index (χ0v) is 25.2. The first-order chi connectivity index (χ1) is 20.6. The maximum absolute atomic E-state index is 15.3. The Morgan fingerprint density at radius 1 is 1.11 bits per heavy atom. The number of anilines is 1. The lowest BCUT2D eigenvalue weighted by Crippen LogP contribution is -2.58. The fourth-order valence-corrected chi connectivity index (χ4v) is 8.40. The van der Waals surface area contributed by atoms with E-state index in [4.69, 9.17) is 11.6 Å². The fraction of sp³-hybridized carbons (Fsp3) is 0.400. The highest BCUT2D eigenvalue weighted by Gasteiger charge is 2.47. The molecule has 3 aliphatic rings. The molecule has 2 unspecified atom stereocenters. The summed E-state index contributed by atoms with van der Waals surface area (Å²) in [6.07, 6.45) is -3.54. The number of Topliss-reactive ketones (excluding diaryl/α,β-unsaturated/α-hetero) is 1. The molecule has 0 bridgehead atoms. The largest absolute Gasteiger partial charge is 0.417 e. The molecule has 2 aliphatic heterocycles. The van der Waals surface area contributed by atoms with E-state index in [0.717, 1.165) is 23.9 Å². The van der Waals surface area contributed by atoms with Gasteiger partial charge in [0.05, 0.1) is 16.1 Å². The summed E-state index contributed by atoms with van der Waals surface area (Å²) < 4.78 is 75.4. The molecular weight excluding hydrogens is 627 g/mol. The number of rotatable bonds is 3. The van der Waals surface area contributed by atoms with E-state index in [0.29, 0.717) is 6.07 Å². The monoisotopic (exact) mass is 652 g/mol. The predicted molar refractivity (Wildman–Crippen MR) is 157 cm³/mol. The van der Waals surface area contributed by atoms with Crippen molar-refractivity contribution in [3.05, 3.63) is 63.6 Å². The molecule has 14 heteroatoms. The third kappa shape index (κ3) is 4.88. The summed E-state index contributed by atoms with van der Waals surface area (Å²) in [6, 6.07) is 1.31. The Morgan fingerprint density at radius 3 is 2.36 bits per heavy atom. The number of halogens is 6. The number of thioether (sulfide) groups is 1. The molecule has 44 heavy (non-hydrogen) atoms. The lowest BCUT2D eigenvalue weighted by molar-refractivity contribution is -0.137. The van der Waals surface area contributed by atoms with E-state index < -0.39 is 62.7 Å². The number of ketones is 1. The Balaban J connectivity index is 1.66. The van der Waals surface area contributed by atoms with Gasteiger partial charge in [0.2, 0.25) is 5.91 Å². The molecule has 3 aromatic rings. The maximum Gasteiger partial charge on any atom is 0.417 e. The van der Waals surface area contributed by atoms with Gasteiger partial charge in [-0.2, -0.15) is 18.2 Å². The number of hydrogen-bond acceptors (Lipinski definition) is 6. The maximum atomic E-state index is 15.3. The third-order valence-electron chi connectivity index (χ3n) is 8.59. The fourth-order valence-electron chi connectivity index (χ4n) is 6.77. The second kappa shape index (κ2) is 10.6. The second-order valence-corrected chi connectivity index (χ2v) is 13.2. The second-order valence-electron chi connectivity index (χ2n) is 11.8. The molecule has 1 saturated heterocycles. The lowest BCUT2D eigenvalue weighted by atomic mass is 9.69. The van der Waals surface area contributed by atoms with Crippen molar-refractivity contribution in [1.29, 1.82) is 0 Å². The molecule has 2 fully saturated rings. The summed E-state index contributed by atoms with van der Waals surface area (Å²) in [5.41, 5.74) is -3.65. The Hall–Kier alpha value is -3.45. The van der Waals surface area contributed by atoms with Gasteiger partial charge >= 0.3 is 11.9 Å². The van der Waals surface area contributed by atoms with Crippen LogP contribution < -0.4 is 10.6 Å². The van der Waals surface area contributed by atoms with Crippen molar-refractivity contribution in [1.82, 2.24) is 14.5 Å². The summed E-state index contributed by atoms with van der Waals surface area (Å²) in [7, 11) is 0. The summed E-state index contributed by atoms with van der Waals surface area (Å²) in [5.74, 6) is -2.53. The number of alkyl halides is 3. The van der Waals surface area contributed by atoms with E-state index in [1.165, 1.54) is 10.6 Å². The molecule has 1 amide bonds. The van der Waals surface area contributed by atoms with E-state index in [-0.39, 0.29) is 71.5 Å². The number of amides is 1. The lowest BCUT2D eigenvalue weighted by Gasteiger charge is -2.44. The van der Waals surface area contributed by atoms with Crippen molar-refractivity contribution in [3.63, 3.8) is 0 Å². The van der Waals surface area contributed by atoms with Crippen LogP contribution in [0.15, 0.2) is 40.5 Å². The first-order valence-electron chi connectivity index (χ1n) is 13.8. The number of benzene rings is 2. The molecule has 7 nitrogen and oxygen atoms in total. The molecule has 232 valence electrons. The Kier molecular flexibility index (Phi) is 7.35. The van der Waals surface area contributed by atoms with Gasteiger partial charge in [0.15, 0.2) is 0 Å². The number of nitrogens with zero attached hydrogens (tertiary/aromatic N) is 4. The highest BCUT2D eigenvalue weighted by atomic mass is 35.5. The van der Waals surface area contributed by atoms with Crippen LogP contribution in [0, 0.1) is 17.0 Å². The van der Waals surface area contributed by atoms with Crippen molar-refractivity contribution in [2.45, 2.75) is 56.4 Å². The van der Waals surface area contributed by atoms with Crippen LogP contribution in [0.25, 0.3) is 22.0 Å². The van der Waals surface area contributed by atoms with Crippen molar-refractivity contribution >= 4 is 51.8 Å². The van der Waals surface area contributed by atoms with Gasteiger partial charge in [0, 0.05) is 83.2 Å². The van der Waals surface area contributed by atoms with Crippen LogP contribution in [0.2, 0.25) is 5.02 Å². The highest BCUT2D eigenvalue weighted by Crippen LogP contribution is 2.53. The Bertz CT molecular complexity index is 1810. The van der Waals surface area contributed by atoms with Gasteiger partial charge in [-0.05, 0) is 32.1 Å². The molecular formula is C30H26ClF5N4O3S. The van der Waals surface area contributed by atoms with Crippen molar-refractivity contribution in [2.24, 2.45) is 5.41 Å². The topological polar surface area (TPSA) is 75.5 Å². The first kappa shape index (κ1) is 30.6. The van der Waals surface area contributed by atoms with Gasteiger partial charge < -0.3 is 9.80 Å². The van der Waals surface area contributed by atoms with E-state index >= 15 is 4.39 Å². The minimum Gasteiger partial charge on any atom is -0.352 e. The Morgan fingerprint density at radius 2 is 1.77 bits per heavy atom. The zero-order valence-electron chi connectivity index (χ0n) is 23.6. The average molecular weight is 653 g/mol. The first-order valence-corrected chi connectivity index (χ1v) is 15.2. The average Bonchev–Trinajstić information content (AvgIpc) is 3.10. The minimum absolute atomic E-state index is 0.00259. The number of aromatic nitrogens is 2. The van der Waals surface area contributed by atoms with Gasteiger partial charge in [0.1, 0.15) is 23.2 Å². The van der Waals surface area contributed by atoms with Gasteiger partial charge in [-0.3, -0.25) is 14.2 Å². The molecule has 2 aromatic carbocycles. The minimum atomic E-state index is -5.00. The van der Waals surface area contributed by atoms with Gasteiger partial charge in [0.25, 0.3) is 0 Å². The standard InChI is InChI=1S/C30H26ClF5N4O3S/c1-4-23(42)40-14(2)10-38(11-15(40)3)27-18-5-19(30(34,35)36)24(17-6-20(31)22(33)7-21(17)32)26-25(18)39(28(43)37-27)12-29(13-44-26)8-16(41)9-29/h4-7,14-15H,1,8-13H2,2-3H3. The zero-order chi connectivity index (χ0) is 31.9. The van der Waals surface area contributed by atoms with E-state index in [2.05, 4.69) is 11.6 Å². The molecule has 1 saturated carbocycles. The molecule has 1 aromatic heterocycles. The summed E-state index contributed by atoms with van der Waals surface area (Å²) >= 11 is 6.94. The van der Waals surface area contributed by atoms with Gasteiger partial charge in [-0.25, -0.2) is 13.6 Å². The molecule has 1 spiro atoms.